The van der Waals surface area contributed by atoms with Crippen molar-refractivity contribution in [2.75, 3.05) is 20.8 Å². The van der Waals surface area contributed by atoms with E-state index < -0.39 is 10.0 Å². The number of alkyl halides is 1. The molecule has 1 aromatic rings. The molecule has 108 valence electrons. The Morgan fingerprint density at radius 2 is 2.05 bits per heavy atom. The number of sulfonamides is 1. The van der Waals surface area contributed by atoms with Crippen molar-refractivity contribution in [3.05, 3.63) is 29.3 Å². The van der Waals surface area contributed by atoms with E-state index in [1.54, 1.807) is 39.3 Å². The van der Waals surface area contributed by atoms with E-state index in [-0.39, 0.29) is 10.9 Å². The second kappa shape index (κ2) is 6.70. The SMILES string of the molecule is COCC(C)N(C)S(=O)(=O)c1ccc(C)c(CCl)c1. The summed E-state index contributed by atoms with van der Waals surface area (Å²) in [5, 5.41) is 0. The van der Waals surface area contributed by atoms with E-state index in [9.17, 15) is 8.42 Å². The average molecular weight is 306 g/mol. The van der Waals surface area contributed by atoms with Crippen LogP contribution in [0.3, 0.4) is 0 Å². The molecule has 1 aromatic carbocycles. The van der Waals surface area contributed by atoms with Crippen LogP contribution in [0.25, 0.3) is 0 Å². The largest absolute Gasteiger partial charge is 0.383 e. The van der Waals surface area contributed by atoms with Gasteiger partial charge in [0.05, 0.1) is 11.5 Å². The Bertz CT molecular complexity index is 531. The van der Waals surface area contributed by atoms with Gasteiger partial charge in [-0.05, 0) is 37.1 Å². The molecule has 0 N–H and O–H groups in total. The lowest BCUT2D eigenvalue weighted by Gasteiger charge is -2.24. The van der Waals surface area contributed by atoms with Gasteiger partial charge < -0.3 is 4.74 Å². The number of ether oxygens (including phenoxy) is 1. The van der Waals surface area contributed by atoms with Crippen molar-refractivity contribution in [1.29, 1.82) is 0 Å². The van der Waals surface area contributed by atoms with Crippen LogP contribution in [0, 0.1) is 6.92 Å². The van der Waals surface area contributed by atoms with E-state index in [0.29, 0.717) is 12.5 Å². The highest BCUT2D eigenvalue weighted by atomic mass is 35.5. The van der Waals surface area contributed by atoms with E-state index in [1.807, 2.05) is 6.92 Å². The fourth-order valence-corrected chi connectivity index (χ4v) is 3.39. The number of hydrogen-bond donors (Lipinski definition) is 0. The smallest absolute Gasteiger partial charge is 0.243 e. The van der Waals surface area contributed by atoms with Gasteiger partial charge in [0.2, 0.25) is 10.0 Å². The summed E-state index contributed by atoms with van der Waals surface area (Å²) in [6.07, 6.45) is 0. The summed E-state index contributed by atoms with van der Waals surface area (Å²) >= 11 is 5.82. The number of methoxy groups -OCH3 is 1. The first-order valence-corrected chi connectivity index (χ1v) is 7.94. The summed E-state index contributed by atoms with van der Waals surface area (Å²) < 4.78 is 31.2. The topological polar surface area (TPSA) is 46.6 Å². The van der Waals surface area contributed by atoms with E-state index in [1.165, 1.54) is 4.31 Å². The Kier molecular flexibility index (Phi) is 5.80. The summed E-state index contributed by atoms with van der Waals surface area (Å²) in [6, 6.07) is 4.79. The monoisotopic (exact) mass is 305 g/mol. The second-order valence-corrected chi connectivity index (χ2v) is 6.81. The number of aryl methyl sites for hydroxylation is 1. The highest BCUT2D eigenvalue weighted by molar-refractivity contribution is 7.89. The molecule has 1 rings (SSSR count). The van der Waals surface area contributed by atoms with Gasteiger partial charge in [-0.3, -0.25) is 0 Å². The van der Waals surface area contributed by atoms with Crippen molar-refractivity contribution in [2.45, 2.75) is 30.7 Å². The van der Waals surface area contributed by atoms with Crippen molar-refractivity contribution in [2.24, 2.45) is 0 Å². The quantitative estimate of drug-likeness (QED) is 0.758. The van der Waals surface area contributed by atoms with Gasteiger partial charge >= 0.3 is 0 Å². The molecule has 0 aliphatic heterocycles. The summed E-state index contributed by atoms with van der Waals surface area (Å²) in [5.74, 6) is 0.298. The van der Waals surface area contributed by atoms with Gasteiger partial charge in [-0.25, -0.2) is 8.42 Å². The molecule has 0 aromatic heterocycles. The zero-order valence-electron chi connectivity index (χ0n) is 11.7. The van der Waals surface area contributed by atoms with Crippen molar-refractivity contribution in [3.8, 4) is 0 Å². The van der Waals surface area contributed by atoms with Crippen molar-refractivity contribution < 1.29 is 13.2 Å². The molecule has 0 radical (unpaired) electrons. The first-order valence-electron chi connectivity index (χ1n) is 5.97. The fraction of sp³-hybridized carbons (Fsp3) is 0.538. The lowest BCUT2D eigenvalue weighted by molar-refractivity contribution is 0.149. The van der Waals surface area contributed by atoms with E-state index in [4.69, 9.17) is 16.3 Å². The predicted molar refractivity (Wildman–Crippen MR) is 77.0 cm³/mol. The molecule has 0 saturated carbocycles. The van der Waals surface area contributed by atoms with E-state index in [2.05, 4.69) is 0 Å². The van der Waals surface area contributed by atoms with Crippen LogP contribution in [0.4, 0.5) is 0 Å². The van der Waals surface area contributed by atoms with Crippen molar-refractivity contribution in [3.63, 3.8) is 0 Å². The lowest BCUT2D eigenvalue weighted by Crippen LogP contribution is -2.37. The van der Waals surface area contributed by atoms with E-state index >= 15 is 0 Å². The lowest BCUT2D eigenvalue weighted by atomic mass is 10.1. The predicted octanol–water partition coefficient (Wildman–Crippen LogP) is 2.39. The van der Waals surface area contributed by atoms with Gasteiger partial charge in [-0.2, -0.15) is 4.31 Å². The molecule has 0 bridgehead atoms. The van der Waals surface area contributed by atoms with Gasteiger partial charge in [-0.1, -0.05) is 6.07 Å². The van der Waals surface area contributed by atoms with Crippen LogP contribution in [-0.2, 0) is 20.6 Å². The molecule has 4 nitrogen and oxygen atoms in total. The van der Waals surface area contributed by atoms with Gasteiger partial charge in [0.15, 0.2) is 0 Å². The Hall–Kier alpha value is -0.620. The first-order chi connectivity index (χ1) is 8.84. The Balaban J connectivity index is 3.13. The average Bonchev–Trinajstić information content (AvgIpc) is 2.38. The number of halogens is 1. The Morgan fingerprint density at radius 3 is 2.58 bits per heavy atom. The maximum atomic E-state index is 12.5. The summed E-state index contributed by atoms with van der Waals surface area (Å²) in [7, 11) is -0.410. The Labute approximate surface area is 120 Å². The third-order valence-electron chi connectivity index (χ3n) is 3.17. The number of nitrogens with zero attached hydrogens (tertiary/aromatic N) is 1. The molecule has 0 saturated heterocycles. The van der Waals surface area contributed by atoms with Crippen LogP contribution in [0.1, 0.15) is 18.1 Å². The van der Waals surface area contributed by atoms with Crippen LogP contribution < -0.4 is 0 Å². The fourth-order valence-electron chi connectivity index (χ4n) is 1.70. The molecule has 0 fully saturated rings. The van der Waals surface area contributed by atoms with Crippen LogP contribution in [0.2, 0.25) is 0 Å². The number of likely N-dealkylation sites (N-methyl/N-ethyl adjacent to an activating group) is 1. The molecule has 0 spiro atoms. The zero-order chi connectivity index (χ0) is 14.6. The van der Waals surface area contributed by atoms with Crippen molar-refractivity contribution in [1.82, 2.24) is 4.31 Å². The maximum Gasteiger partial charge on any atom is 0.243 e. The third-order valence-corrected chi connectivity index (χ3v) is 5.43. The first kappa shape index (κ1) is 16.4. The van der Waals surface area contributed by atoms with Crippen molar-refractivity contribution >= 4 is 21.6 Å². The Morgan fingerprint density at radius 1 is 1.42 bits per heavy atom. The normalized spacial score (nSPS) is 13.8. The minimum Gasteiger partial charge on any atom is -0.383 e. The second-order valence-electron chi connectivity index (χ2n) is 4.55. The highest BCUT2D eigenvalue weighted by Crippen LogP contribution is 2.21. The standard InChI is InChI=1S/C13H20ClNO3S/c1-10-5-6-13(7-12(10)8-14)19(16,17)15(3)11(2)9-18-4/h5-7,11H,8-9H2,1-4H3. The highest BCUT2D eigenvalue weighted by Gasteiger charge is 2.25. The van der Waals surface area contributed by atoms with Crippen LogP contribution >= 0.6 is 11.6 Å². The minimum atomic E-state index is -3.52. The molecule has 19 heavy (non-hydrogen) atoms. The summed E-state index contributed by atoms with van der Waals surface area (Å²) in [4.78, 5) is 0.263. The molecule has 1 atom stereocenters. The molecule has 1 unspecified atom stereocenters. The van der Waals surface area contributed by atoms with Crippen LogP contribution in [0.5, 0.6) is 0 Å². The maximum absolute atomic E-state index is 12.5. The molecule has 0 heterocycles. The summed E-state index contributed by atoms with van der Waals surface area (Å²) in [6.45, 7) is 4.06. The zero-order valence-corrected chi connectivity index (χ0v) is 13.3. The molecular weight excluding hydrogens is 286 g/mol. The number of rotatable bonds is 6. The van der Waals surface area contributed by atoms with Gasteiger partial charge in [0.1, 0.15) is 0 Å². The van der Waals surface area contributed by atoms with Gasteiger partial charge in [-0.15, -0.1) is 11.6 Å². The van der Waals surface area contributed by atoms with Gasteiger partial charge in [0, 0.05) is 26.1 Å². The van der Waals surface area contributed by atoms with Gasteiger partial charge in [0.25, 0.3) is 0 Å². The molecular formula is C13H20ClNO3S. The molecule has 0 aliphatic carbocycles. The number of benzene rings is 1. The minimum absolute atomic E-state index is 0.226. The molecule has 0 amide bonds. The third kappa shape index (κ3) is 3.69. The molecule has 0 aliphatic rings. The van der Waals surface area contributed by atoms with Crippen LogP contribution in [0.15, 0.2) is 23.1 Å². The van der Waals surface area contributed by atoms with Crippen LogP contribution in [-0.4, -0.2) is 39.5 Å². The van der Waals surface area contributed by atoms with E-state index in [0.717, 1.165) is 11.1 Å². The molecule has 6 heteroatoms. The number of hydrogen-bond acceptors (Lipinski definition) is 3. The summed E-state index contributed by atoms with van der Waals surface area (Å²) in [5.41, 5.74) is 1.82.